The van der Waals surface area contributed by atoms with Gasteiger partial charge in [-0.2, -0.15) is 6.92 Å². The van der Waals surface area contributed by atoms with Crippen molar-refractivity contribution in [1.82, 2.24) is 59.4 Å². The molecule has 0 spiro atoms. The number of imidazole rings is 4. The van der Waals surface area contributed by atoms with E-state index in [9.17, 15) is 9.59 Å². The van der Waals surface area contributed by atoms with Crippen molar-refractivity contribution in [1.29, 1.82) is 0 Å². The van der Waals surface area contributed by atoms with Crippen LogP contribution in [0.4, 0.5) is 0 Å². The predicted molar refractivity (Wildman–Crippen MR) is 371 cm³/mol. The number of nitrogens with one attached hydrogen (secondary N) is 4. The summed E-state index contributed by atoms with van der Waals surface area (Å²) in [4.78, 5) is 64.4. The smallest absolute Gasteiger partial charge is 1.00 e. The number of carbonyl (C=O) groups excluding carboxylic acids is 2. The molecule has 15 rings (SSSR count). The molecule has 0 atom stereocenters. The van der Waals surface area contributed by atoms with Crippen LogP contribution in [0.15, 0.2) is 281 Å². The average molecular weight is 1400 g/mol. The first-order valence-electron chi connectivity index (χ1n) is 28.5. The van der Waals surface area contributed by atoms with Crippen LogP contribution in [0.3, 0.4) is 0 Å². The number of hydrogen-bond donors (Lipinski definition) is 4. The summed E-state index contributed by atoms with van der Waals surface area (Å²) in [5, 5.41) is 4.30. The zero-order valence-corrected chi connectivity index (χ0v) is 55.5. The van der Waals surface area contributed by atoms with Gasteiger partial charge in [0.05, 0.1) is 52.8 Å². The van der Waals surface area contributed by atoms with Gasteiger partial charge in [-0.25, -0.2) is 15.0 Å². The van der Waals surface area contributed by atoms with Crippen LogP contribution in [0.1, 0.15) is 72.5 Å². The van der Waals surface area contributed by atoms with E-state index in [0.29, 0.717) is 21.6 Å². The first-order valence-corrected chi connectivity index (χ1v) is 30.0. The summed E-state index contributed by atoms with van der Waals surface area (Å²) in [6.07, 6.45) is 22.0. The normalized spacial score (nSPS) is 10.4. The number of nitrogens with zero attached hydrogens (tertiary/aromatic N) is 8. The van der Waals surface area contributed by atoms with Crippen LogP contribution in [0.2, 0.25) is 0 Å². The van der Waals surface area contributed by atoms with Gasteiger partial charge in [-0.1, -0.05) is 176 Å². The molecule has 446 valence electrons. The Kier molecular flexibility index (Phi) is 25.2. The van der Waals surface area contributed by atoms with Crippen LogP contribution in [-0.4, -0.2) is 94.5 Å². The minimum Gasteiger partial charge on any atom is -1.00 e. The molecule has 0 unspecified atom stereocenters. The van der Waals surface area contributed by atoms with Crippen LogP contribution in [0, 0.1) is 15.4 Å². The number of fused-ring (bicyclic) bond motifs is 4. The van der Waals surface area contributed by atoms with E-state index >= 15 is 0 Å². The molecule has 0 radical (unpaired) electrons. The third-order valence-electron chi connectivity index (χ3n) is 14.3. The SMILES string of the molecule is Ic1cn(C(c2ccccc2)(c2ccccc2)c2ccccc2)cn1.O=C(c1cnc[nH]1)c1cccc2cccnc12.O=Cc1cccc2cccnc12.S=c1[nH]cc(Cc2cccc3cccnc23)[nH]1.[Br-].[CH2-]C.[Mg+2].c1cnc2c(Cc3cnc[nH]3)cccc2c1. The van der Waals surface area contributed by atoms with E-state index in [-0.39, 0.29) is 45.8 Å². The topological polar surface area (TPSA) is 192 Å². The molecule has 18 heteroatoms. The van der Waals surface area contributed by atoms with E-state index in [0.717, 1.165) is 67.1 Å². The van der Waals surface area contributed by atoms with Crippen LogP contribution in [0.25, 0.3) is 43.6 Å². The molecule has 0 saturated heterocycles. The maximum atomic E-state index is 12.2. The number of pyridine rings is 4. The fourth-order valence-corrected chi connectivity index (χ4v) is 11.0. The number of rotatable bonds is 11. The summed E-state index contributed by atoms with van der Waals surface area (Å²) in [5.41, 5.74) is 13.1. The van der Waals surface area contributed by atoms with E-state index < -0.39 is 5.54 Å². The molecule has 0 bridgehead atoms. The van der Waals surface area contributed by atoms with Crippen molar-refractivity contribution in [2.24, 2.45) is 0 Å². The zero-order valence-electron chi connectivity index (χ0n) is 49.5. The molecule has 0 saturated carbocycles. The third-order valence-corrected chi connectivity index (χ3v) is 15.1. The van der Waals surface area contributed by atoms with Crippen molar-refractivity contribution < 1.29 is 26.6 Å². The van der Waals surface area contributed by atoms with Gasteiger partial charge in [-0.05, 0) is 99.0 Å². The molecule has 8 heterocycles. The van der Waals surface area contributed by atoms with Crippen molar-refractivity contribution in [3.05, 3.63) is 352 Å². The Morgan fingerprint density at radius 3 is 1.44 bits per heavy atom. The summed E-state index contributed by atoms with van der Waals surface area (Å²) in [6, 6.07) is 71.1. The standard InChI is InChI=1S/C22H17IN2.C13H9N3O.C13H11N3S.C13H11N3.C10H7NO.C2H5.BrH.Mg/c23-21-16-25(17-24-21)22(18-10-4-1-5-11-18,19-12-6-2-7-13-19)20-14-8-3-9-15-20;17-13(11-7-14-8-16-11)10-5-1-3-9-4-2-6-15-12(9)10;17-13-15-8-11(16-13)7-10-4-1-3-9-5-2-6-14-12(9)10;1-3-10-5-2-6-15-13(10)11(4-1)7-12-8-14-9-16-12;12-7-9-4-1-3-8-5-2-6-11-10(8)9;1-2;;/h1-17H;1-8H,(H,14,16);1-6,8H,7H2,(H2,15,16,17);1-6,8-9H,7H2,(H,14,16);1-7H;1H2,2H3;1H;/q;;;;;-1;;+2/p-1. The van der Waals surface area contributed by atoms with E-state index in [2.05, 4.69) is 235 Å². The number of aromatic nitrogens is 12. The number of halogens is 2. The monoisotopic (exact) mass is 1400 g/mol. The number of para-hydroxylation sites is 4. The Balaban J connectivity index is 0.000000147. The van der Waals surface area contributed by atoms with E-state index in [1.54, 1.807) is 37.8 Å². The van der Waals surface area contributed by atoms with E-state index in [1.165, 1.54) is 51.1 Å². The molecule has 4 N–H and O–H groups in total. The Bertz CT molecular complexity index is 4650. The molecule has 0 amide bonds. The van der Waals surface area contributed by atoms with Gasteiger partial charge in [0, 0.05) is 94.7 Å². The van der Waals surface area contributed by atoms with Crippen molar-refractivity contribution in [3.8, 4) is 0 Å². The fourth-order valence-electron chi connectivity index (χ4n) is 10.4. The first-order chi connectivity index (χ1) is 43.8. The second kappa shape index (κ2) is 33.9. The number of aldehydes is 1. The van der Waals surface area contributed by atoms with Gasteiger partial charge in [-0.15, -0.1) is 0 Å². The van der Waals surface area contributed by atoms with Gasteiger partial charge in [0.1, 0.15) is 14.9 Å². The summed E-state index contributed by atoms with van der Waals surface area (Å²) < 4.78 is 3.85. The van der Waals surface area contributed by atoms with Gasteiger partial charge in [0.25, 0.3) is 0 Å². The number of benzene rings is 7. The second-order valence-corrected chi connectivity index (χ2v) is 21.3. The van der Waals surface area contributed by atoms with E-state index in [4.69, 9.17) is 12.2 Å². The predicted octanol–water partition coefficient (Wildman–Crippen LogP) is 12.8. The van der Waals surface area contributed by atoms with Gasteiger partial charge in [0.2, 0.25) is 5.78 Å². The number of carbonyl (C=O) groups is 2. The molecular weight excluding hydrogens is 1340 g/mol. The van der Waals surface area contributed by atoms with Crippen molar-refractivity contribution in [2.75, 3.05) is 0 Å². The van der Waals surface area contributed by atoms with Gasteiger partial charge < -0.3 is 48.4 Å². The molecule has 91 heavy (non-hydrogen) atoms. The number of aromatic amines is 4. The molecule has 7 aromatic carbocycles. The molecule has 0 aliphatic rings. The van der Waals surface area contributed by atoms with Crippen molar-refractivity contribution in [3.63, 3.8) is 0 Å². The van der Waals surface area contributed by atoms with Gasteiger partial charge in [-0.3, -0.25) is 29.5 Å². The fraction of sp³-hybridized carbons (Fsp3) is 0.0548. The Hall–Kier alpha value is -9.44. The van der Waals surface area contributed by atoms with Gasteiger partial charge >= 0.3 is 23.1 Å². The van der Waals surface area contributed by atoms with Crippen molar-refractivity contribution in [2.45, 2.75) is 25.3 Å². The second-order valence-electron chi connectivity index (χ2n) is 19.8. The zero-order chi connectivity index (χ0) is 61.6. The maximum Gasteiger partial charge on any atom is 2.00 e. The number of H-pyrrole nitrogens is 4. The van der Waals surface area contributed by atoms with Gasteiger partial charge in [0.15, 0.2) is 11.1 Å². The Morgan fingerprint density at radius 2 is 0.978 bits per heavy atom. The van der Waals surface area contributed by atoms with Crippen LogP contribution in [-0.2, 0) is 18.4 Å². The maximum absolute atomic E-state index is 12.2. The van der Waals surface area contributed by atoms with Crippen LogP contribution >= 0.6 is 34.8 Å². The molecule has 15 aromatic rings. The number of ketones is 1. The quantitative estimate of drug-likeness (QED) is 0.0184. The Morgan fingerprint density at radius 1 is 0.527 bits per heavy atom. The molecular formula is C73H60BrIMgN12O2S. The average Bonchev–Trinajstić information content (AvgIpc) is 1.74. The minimum atomic E-state index is -0.458. The number of hydrogen-bond acceptors (Lipinski definition) is 10. The molecule has 8 aromatic heterocycles. The first kappa shape index (κ1) is 67.5. The third kappa shape index (κ3) is 16.7. The van der Waals surface area contributed by atoms with Crippen LogP contribution < -0.4 is 17.0 Å². The molecule has 0 aliphatic carbocycles. The summed E-state index contributed by atoms with van der Waals surface area (Å²) in [5.74, 6) is -0.0909. The summed E-state index contributed by atoms with van der Waals surface area (Å²) in [6.45, 7) is 5.00. The largest absolute Gasteiger partial charge is 2.00 e. The summed E-state index contributed by atoms with van der Waals surface area (Å²) >= 11 is 7.29. The molecule has 0 fully saturated rings. The molecule has 0 aliphatic heterocycles. The van der Waals surface area contributed by atoms with Crippen molar-refractivity contribution >= 4 is 114 Å². The Labute approximate surface area is 572 Å². The summed E-state index contributed by atoms with van der Waals surface area (Å²) in [7, 11) is 0. The van der Waals surface area contributed by atoms with E-state index in [1.807, 2.05) is 91.8 Å². The van der Waals surface area contributed by atoms with Crippen LogP contribution in [0.5, 0.6) is 0 Å². The minimum absolute atomic E-state index is 0. The molecule has 14 nitrogen and oxygen atoms in total.